The van der Waals surface area contributed by atoms with Crippen molar-refractivity contribution in [3.05, 3.63) is 0 Å². The van der Waals surface area contributed by atoms with Crippen molar-refractivity contribution in [3.63, 3.8) is 0 Å². The van der Waals surface area contributed by atoms with Gasteiger partial charge in [0.25, 0.3) is 0 Å². The van der Waals surface area contributed by atoms with Gasteiger partial charge in [-0.15, -0.1) is 0 Å². The van der Waals surface area contributed by atoms with Crippen molar-refractivity contribution in [1.29, 1.82) is 0 Å². The van der Waals surface area contributed by atoms with Gasteiger partial charge in [-0.05, 0) is 27.2 Å². The van der Waals surface area contributed by atoms with Crippen LogP contribution in [0.3, 0.4) is 0 Å². The van der Waals surface area contributed by atoms with E-state index in [0.717, 1.165) is 6.73 Å². The third-order valence-corrected chi connectivity index (χ3v) is 18.2. The zero-order valence-electron chi connectivity index (χ0n) is 9.56. The molecule has 0 fully saturated rings. The lowest BCUT2D eigenvalue weighted by atomic mass is 11.0. The van der Waals surface area contributed by atoms with E-state index in [2.05, 4.69) is 51.7 Å². The highest BCUT2D eigenvalue weighted by atomic mass is 29.3. The summed E-state index contributed by atoms with van der Waals surface area (Å²) in [4.78, 5) is 2.09. The van der Waals surface area contributed by atoms with E-state index >= 15 is 0 Å². The van der Waals surface area contributed by atoms with Crippen LogP contribution in [0.25, 0.3) is 0 Å². The van der Waals surface area contributed by atoms with Crippen LogP contribution < -0.4 is 0 Å². The fraction of sp³-hybridized carbons (Fsp3) is 1.00. The molecule has 0 atom stereocenters. The Morgan fingerprint density at radius 1 is 1.00 bits per heavy atom. The average molecular weight is 205 g/mol. The van der Waals surface area contributed by atoms with Crippen LogP contribution in [0.2, 0.25) is 32.7 Å². The molecule has 0 aromatic rings. The van der Waals surface area contributed by atoms with Gasteiger partial charge in [-0.1, -0.05) is 19.6 Å². The summed E-state index contributed by atoms with van der Waals surface area (Å²) in [6.07, 6.45) is 0. The van der Waals surface area contributed by atoms with Gasteiger partial charge in [0.15, 0.2) is 7.83 Å². The summed E-state index contributed by atoms with van der Waals surface area (Å²) in [5, 5.41) is 0. The lowest BCUT2D eigenvalue weighted by Gasteiger charge is -2.35. The zero-order chi connectivity index (χ0) is 9.99. The Morgan fingerprint density at radius 3 is 1.67 bits per heavy atom. The van der Waals surface area contributed by atoms with Crippen LogP contribution >= 0.6 is 0 Å². The quantitative estimate of drug-likeness (QED) is 0.515. The fourth-order valence-electron chi connectivity index (χ4n) is 0.507. The third kappa shape index (κ3) is 3.84. The molecule has 4 heteroatoms. The average Bonchev–Trinajstić information content (AvgIpc) is 1.81. The number of hydrogen-bond donors (Lipinski definition) is 0. The summed E-state index contributed by atoms with van der Waals surface area (Å²) in [6, 6.07) is 0. The van der Waals surface area contributed by atoms with Gasteiger partial charge in [0.2, 0.25) is 0 Å². The Labute approximate surface area is 78.8 Å². The number of hydrogen-bond acceptors (Lipinski definition) is 2. The first kappa shape index (κ1) is 12.4. The molecule has 0 unspecified atom stereocenters. The molecule has 0 N–H and O–H groups in total. The first-order valence-corrected chi connectivity index (χ1v) is 11.9. The van der Waals surface area contributed by atoms with E-state index in [1.807, 2.05) is 0 Å². The molecule has 0 amide bonds. The fourth-order valence-corrected chi connectivity index (χ4v) is 3.01. The van der Waals surface area contributed by atoms with Crippen molar-refractivity contribution in [1.82, 2.24) is 4.90 Å². The number of nitrogens with zero attached hydrogens (tertiary/aromatic N) is 1. The van der Waals surface area contributed by atoms with Crippen LogP contribution in [0.4, 0.5) is 0 Å². The normalized spacial score (nSPS) is 14.0. The molecule has 0 aliphatic heterocycles. The molecule has 0 aromatic heterocycles. The van der Waals surface area contributed by atoms with Crippen molar-refractivity contribution in [3.8, 4) is 0 Å². The Kier molecular flexibility index (Phi) is 4.16. The molecule has 0 saturated carbocycles. The topological polar surface area (TPSA) is 12.5 Å². The summed E-state index contributed by atoms with van der Waals surface area (Å²) in [5.41, 5.74) is 0. The lowest BCUT2D eigenvalue weighted by molar-refractivity contribution is 0.177. The molecule has 74 valence electrons. The highest BCUT2D eigenvalue weighted by Gasteiger charge is 2.38. The Morgan fingerprint density at radius 2 is 1.42 bits per heavy atom. The molecule has 0 rings (SSSR count). The standard InChI is InChI=1S/C8H23NOSi2/c1-9(2)8-10-12(6,7)11(3,4)5/h8H2,1-7H3. The smallest absolute Gasteiger partial charge is 0.175 e. The zero-order valence-corrected chi connectivity index (χ0v) is 11.6. The molecule has 0 bridgehead atoms. The second kappa shape index (κ2) is 4.04. The van der Waals surface area contributed by atoms with Crippen molar-refractivity contribution < 1.29 is 4.43 Å². The minimum absolute atomic E-state index is 0.781. The number of rotatable bonds is 4. The van der Waals surface area contributed by atoms with Crippen LogP contribution in [0.1, 0.15) is 0 Å². The van der Waals surface area contributed by atoms with Gasteiger partial charge in [-0.25, -0.2) is 0 Å². The SMILES string of the molecule is CN(C)CO[Si](C)(C)[Si](C)(C)C. The Hall–Kier alpha value is 0.354. The molecule has 0 aliphatic carbocycles. The van der Waals surface area contributed by atoms with Gasteiger partial charge in [-0.3, -0.25) is 4.90 Å². The van der Waals surface area contributed by atoms with E-state index in [1.54, 1.807) is 0 Å². The first-order chi connectivity index (χ1) is 5.17. The predicted molar refractivity (Wildman–Crippen MR) is 60.5 cm³/mol. The van der Waals surface area contributed by atoms with Gasteiger partial charge in [0.1, 0.15) is 0 Å². The van der Waals surface area contributed by atoms with E-state index in [1.165, 1.54) is 0 Å². The van der Waals surface area contributed by atoms with E-state index in [4.69, 9.17) is 4.43 Å². The van der Waals surface area contributed by atoms with Crippen molar-refractivity contribution in [2.24, 2.45) is 0 Å². The van der Waals surface area contributed by atoms with E-state index < -0.39 is 15.4 Å². The monoisotopic (exact) mass is 205 g/mol. The summed E-state index contributed by atoms with van der Waals surface area (Å²) < 4.78 is 5.98. The minimum Gasteiger partial charge on any atom is -0.407 e. The molecule has 0 aromatic carbocycles. The van der Waals surface area contributed by atoms with Crippen LogP contribution in [-0.4, -0.2) is 41.2 Å². The summed E-state index contributed by atoms with van der Waals surface area (Å²) in [6.45, 7) is 12.6. The van der Waals surface area contributed by atoms with Gasteiger partial charge in [0.05, 0.1) is 14.3 Å². The molecule has 0 heterocycles. The van der Waals surface area contributed by atoms with Crippen molar-refractivity contribution >= 4 is 15.4 Å². The molecule has 0 radical (unpaired) electrons. The molecule has 0 spiro atoms. The van der Waals surface area contributed by atoms with E-state index in [9.17, 15) is 0 Å². The van der Waals surface area contributed by atoms with Crippen molar-refractivity contribution in [2.75, 3.05) is 20.8 Å². The van der Waals surface area contributed by atoms with Gasteiger partial charge < -0.3 is 4.43 Å². The minimum atomic E-state index is -1.37. The van der Waals surface area contributed by atoms with E-state index in [-0.39, 0.29) is 0 Å². The second-order valence-corrected chi connectivity index (χ2v) is 21.0. The third-order valence-electron chi connectivity index (χ3n) is 2.49. The summed E-state index contributed by atoms with van der Waals surface area (Å²) >= 11 is 0. The van der Waals surface area contributed by atoms with Gasteiger partial charge in [-0.2, -0.15) is 0 Å². The molecular formula is C8H23NOSi2. The second-order valence-electron chi connectivity index (χ2n) is 5.11. The maximum atomic E-state index is 5.98. The van der Waals surface area contributed by atoms with Crippen LogP contribution in [0.5, 0.6) is 0 Å². The first-order valence-electron chi connectivity index (χ1n) is 4.45. The predicted octanol–water partition coefficient (Wildman–Crippen LogP) is 2.14. The molecule has 12 heavy (non-hydrogen) atoms. The largest absolute Gasteiger partial charge is 0.407 e. The van der Waals surface area contributed by atoms with Crippen LogP contribution in [-0.2, 0) is 4.43 Å². The molecule has 0 aliphatic rings. The highest BCUT2D eigenvalue weighted by Crippen LogP contribution is 2.19. The van der Waals surface area contributed by atoms with Crippen LogP contribution in [0.15, 0.2) is 0 Å². The van der Waals surface area contributed by atoms with Gasteiger partial charge in [0, 0.05) is 0 Å². The highest BCUT2D eigenvalue weighted by molar-refractivity contribution is 7.37. The van der Waals surface area contributed by atoms with Gasteiger partial charge >= 0.3 is 0 Å². The Bertz CT molecular complexity index is 140. The Balaban J connectivity index is 4.05. The molecule has 0 saturated heterocycles. The lowest BCUT2D eigenvalue weighted by Crippen LogP contribution is -2.55. The summed E-state index contributed by atoms with van der Waals surface area (Å²) in [7, 11) is 1.67. The van der Waals surface area contributed by atoms with E-state index in [0.29, 0.717) is 0 Å². The summed E-state index contributed by atoms with van der Waals surface area (Å²) in [5.74, 6) is 0. The molecular weight excluding hydrogens is 182 g/mol. The maximum absolute atomic E-state index is 5.98. The van der Waals surface area contributed by atoms with Crippen molar-refractivity contribution in [2.45, 2.75) is 32.7 Å². The van der Waals surface area contributed by atoms with Crippen LogP contribution in [0, 0.1) is 0 Å². The molecule has 2 nitrogen and oxygen atoms in total. The maximum Gasteiger partial charge on any atom is 0.175 e.